The standard InChI is InChI=1S/C12H16N2O3S/c1-12(2,13)11(17)14-5-3-8-7(4-6-18-8)9(14)10(15)16/h4,6,9H,3,5,13H2,1-2H3,(H,15,16). The molecule has 1 aliphatic heterocycles. The lowest BCUT2D eigenvalue weighted by Crippen LogP contribution is -2.55. The molecule has 0 aromatic carbocycles. The number of hydrogen-bond acceptors (Lipinski definition) is 4. The Hall–Kier alpha value is -1.40. The largest absolute Gasteiger partial charge is 0.479 e. The second-order valence-corrected chi connectivity index (χ2v) is 6.01. The van der Waals surface area contributed by atoms with E-state index < -0.39 is 17.6 Å². The van der Waals surface area contributed by atoms with E-state index in [4.69, 9.17) is 5.73 Å². The van der Waals surface area contributed by atoms with Gasteiger partial charge in [0.1, 0.15) is 0 Å². The predicted molar refractivity (Wildman–Crippen MR) is 68.4 cm³/mol. The Morgan fingerprint density at radius 2 is 2.22 bits per heavy atom. The van der Waals surface area contributed by atoms with Crippen molar-refractivity contribution >= 4 is 23.2 Å². The van der Waals surface area contributed by atoms with Crippen molar-refractivity contribution in [3.8, 4) is 0 Å². The number of aliphatic carboxylic acids is 1. The van der Waals surface area contributed by atoms with Gasteiger partial charge in [-0.25, -0.2) is 4.79 Å². The molecule has 5 nitrogen and oxygen atoms in total. The maximum atomic E-state index is 12.2. The zero-order chi connectivity index (χ0) is 13.5. The molecule has 1 atom stereocenters. The van der Waals surface area contributed by atoms with Crippen molar-refractivity contribution in [1.29, 1.82) is 0 Å². The predicted octanol–water partition coefficient (Wildman–Crippen LogP) is 0.996. The van der Waals surface area contributed by atoms with Gasteiger partial charge in [-0.05, 0) is 37.3 Å². The van der Waals surface area contributed by atoms with Gasteiger partial charge in [0.2, 0.25) is 5.91 Å². The maximum Gasteiger partial charge on any atom is 0.331 e. The third-order valence-electron chi connectivity index (χ3n) is 3.01. The molecular formula is C12H16N2O3S. The average Bonchev–Trinajstić information content (AvgIpc) is 2.72. The van der Waals surface area contributed by atoms with Gasteiger partial charge in [0, 0.05) is 11.4 Å². The van der Waals surface area contributed by atoms with Crippen molar-refractivity contribution in [2.45, 2.75) is 31.8 Å². The highest BCUT2D eigenvalue weighted by atomic mass is 32.1. The van der Waals surface area contributed by atoms with Crippen LogP contribution in [0.1, 0.15) is 30.3 Å². The molecule has 0 spiro atoms. The number of rotatable bonds is 2. The fourth-order valence-electron chi connectivity index (χ4n) is 2.17. The van der Waals surface area contributed by atoms with Crippen LogP contribution in [0.25, 0.3) is 0 Å². The van der Waals surface area contributed by atoms with Gasteiger partial charge >= 0.3 is 5.97 Å². The Labute approximate surface area is 109 Å². The van der Waals surface area contributed by atoms with E-state index in [1.807, 2.05) is 5.38 Å². The third-order valence-corrected chi connectivity index (χ3v) is 4.01. The van der Waals surface area contributed by atoms with Crippen molar-refractivity contribution < 1.29 is 14.7 Å². The first-order valence-electron chi connectivity index (χ1n) is 5.71. The summed E-state index contributed by atoms with van der Waals surface area (Å²) < 4.78 is 0. The first-order chi connectivity index (χ1) is 8.32. The van der Waals surface area contributed by atoms with Gasteiger partial charge in [-0.1, -0.05) is 0 Å². The van der Waals surface area contributed by atoms with Gasteiger partial charge in [-0.3, -0.25) is 4.79 Å². The maximum absolute atomic E-state index is 12.2. The van der Waals surface area contributed by atoms with Crippen molar-refractivity contribution in [3.05, 3.63) is 21.9 Å². The fraction of sp³-hybridized carbons (Fsp3) is 0.500. The van der Waals surface area contributed by atoms with Gasteiger partial charge in [0.25, 0.3) is 0 Å². The second-order valence-electron chi connectivity index (χ2n) is 5.01. The summed E-state index contributed by atoms with van der Waals surface area (Å²) in [7, 11) is 0. The van der Waals surface area contributed by atoms with Crippen molar-refractivity contribution in [2.75, 3.05) is 6.54 Å². The zero-order valence-corrected chi connectivity index (χ0v) is 11.2. The van der Waals surface area contributed by atoms with E-state index in [1.54, 1.807) is 19.9 Å². The number of thiophene rings is 1. The highest BCUT2D eigenvalue weighted by Gasteiger charge is 2.40. The molecule has 1 aromatic heterocycles. The van der Waals surface area contributed by atoms with Crippen LogP contribution in [-0.4, -0.2) is 34.0 Å². The minimum Gasteiger partial charge on any atom is -0.479 e. The molecule has 0 saturated carbocycles. The Morgan fingerprint density at radius 1 is 1.56 bits per heavy atom. The van der Waals surface area contributed by atoms with Crippen molar-refractivity contribution in [1.82, 2.24) is 4.90 Å². The molecule has 1 aliphatic rings. The first kappa shape index (κ1) is 13.0. The van der Waals surface area contributed by atoms with Crippen LogP contribution in [0.15, 0.2) is 11.4 Å². The average molecular weight is 268 g/mol. The third kappa shape index (κ3) is 2.13. The minimum atomic E-state index is -1.05. The second kappa shape index (κ2) is 4.37. The van der Waals surface area contributed by atoms with Gasteiger partial charge in [-0.2, -0.15) is 0 Å². The SMILES string of the molecule is CC(C)(N)C(=O)N1CCc2sccc2C1C(=O)O. The number of carbonyl (C=O) groups is 2. The Kier molecular flexibility index (Phi) is 3.16. The lowest BCUT2D eigenvalue weighted by Gasteiger charge is -2.36. The van der Waals surface area contributed by atoms with Gasteiger partial charge in [-0.15, -0.1) is 11.3 Å². The number of fused-ring (bicyclic) bond motifs is 1. The van der Waals surface area contributed by atoms with Crippen LogP contribution in [-0.2, 0) is 16.0 Å². The van der Waals surface area contributed by atoms with Crippen LogP contribution < -0.4 is 5.73 Å². The number of carboxylic acid groups (broad SMARTS) is 1. The summed E-state index contributed by atoms with van der Waals surface area (Å²) in [5.41, 5.74) is 5.45. The summed E-state index contributed by atoms with van der Waals surface area (Å²) in [4.78, 5) is 26.0. The monoisotopic (exact) mass is 268 g/mol. The molecule has 18 heavy (non-hydrogen) atoms. The highest BCUT2D eigenvalue weighted by Crippen LogP contribution is 2.34. The van der Waals surface area contributed by atoms with E-state index in [9.17, 15) is 14.7 Å². The summed E-state index contributed by atoms with van der Waals surface area (Å²) in [5, 5.41) is 11.2. The van der Waals surface area contributed by atoms with Crippen LogP contribution in [0.3, 0.4) is 0 Å². The zero-order valence-electron chi connectivity index (χ0n) is 10.3. The van der Waals surface area contributed by atoms with E-state index in [0.717, 1.165) is 10.4 Å². The lowest BCUT2D eigenvalue weighted by molar-refractivity contribution is -0.153. The Bertz CT molecular complexity index is 490. The van der Waals surface area contributed by atoms with Crippen LogP contribution in [0, 0.1) is 0 Å². The summed E-state index contributed by atoms with van der Waals surface area (Å²) >= 11 is 1.54. The summed E-state index contributed by atoms with van der Waals surface area (Å²) in [6, 6.07) is 0.872. The van der Waals surface area contributed by atoms with Gasteiger partial charge in [0.05, 0.1) is 5.54 Å². The fourth-order valence-corrected chi connectivity index (χ4v) is 3.08. The minimum absolute atomic E-state index is 0.327. The Morgan fingerprint density at radius 3 is 2.78 bits per heavy atom. The van der Waals surface area contributed by atoms with E-state index in [1.165, 1.54) is 16.2 Å². The molecule has 3 N–H and O–H groups in total. The van der Waals surface area contributed by atoms with Gasteiger partial charge in [0.15, 0.2) is 6.04 Å². The molecule has 2 rings (SSSR count). The molecule has 0 bridgehead atoms. The van der Waals surface area contributed by atoms with E-state index in [-0.39, 0.29) is 5.91 Å². The number of amides is 1. The van der Waals surface area contributed by atoms with E-state index in [2.05, 4.69) is 0 Å². The molecular weight excluding hydrogens is 252 g/mol. The first-order valence-corrected chi connectivity index (χ1v) is 6.59. The summed E-state index contributed by atoms with van der Waals surface area (Å²) in [6.07, 6.45) is 0.693. The molecule has 2 heterocycles. The topological polar surface area (TPSA) is 83.6 Å². The van der Waals surface area contributed by atoms with Crippen LogP contribution >= 0.6 is 11.3 Å². The molecule has 6 heteroatoms. The molecule has 1 amide bonds. The summed E-state index contributed by atoms with van der Waals surface area (Å²) in [5.74, 6) is -1.33. The molecule has 0 radical (unpaired) electrons. The molecule has 98 valence electrons. The number of carboxylic acids is 1. The molecule has 0 saturated heterocycles. The Balaban J connectivity index is 2.39. The lowest BCUT2D eigenvalue weighted by atomic mass is 9.96. The van der Waals surface area contributed by atoms with Crippen LogP contribution in [0.4, 0.5) is 0 Å². The number of nitrogens with zero attached hydrogens (tertiary/aromatic N) is 1. The molecule has 1 unspecified atom stereocenters. The normalized spacial score (nSPS) is 19.5. The smallest absolute Gasteiger partial charge is 0.331 e. The van der Waals surface area contributed by atoms with Crippen LogP contribution in [0.5, 0.6) is 0 Å². The number of nitrogens with two attached hydrogens (primary N) is 1. The summed E-state index contributed by atoms with van der Waals surface area (Å²) in [6.45, 7) is 3.60. The molecule has 0 aliphatic carbocycles. The molecule has 0 fully saturated rings. The van der Waals surface area contributed by atoms with Crippen molar-refractivity contribution in [2.24, 2.45) is 5.73 Å². The van der Waals surface area contributed by atoms with E-state index in [0.29, 0.717) is 13.0 Å². The molecule has 1 aromatic rings. The van der Waals surface area contributed by atoms with E-state index >= 15 is 0 Å². The number of hydrogen-bond donors (Lipinski definition) is 2. The van der Waals surface area contributed by atoms with Gasteiger partial charge < -0.3 is 15.7 Å². The van der Waals surface area contributed by atoms with Crippen LogP contribution in [0.2, 0.25) is 0 Å². The quantitative estimate of drug-likeness (QED) is 0.838. The highest BCUT2D eigenvalue weighted by molar-refractivity contribution is 7.10. The van der Waals surface area contributed by atoms with Crippen molar-refractivity contribution in [3.63, 3.8) is 0 Å². The number of carbonyl (C=O) groups excluding carboxylic acids is 1.